The summed E-state index contributed by atoms with van der Waals surface area (Å²) in [4.78, 5) is 28.5. The van der Waals surface area contributed by atoms with Crippen LogP contribution < -0.4 is 10.3 Å². The second kappa shape index (κ2) is 8.13. The molecular formula is C21H26FN3O6S. The standard InChI is InChI=1S/C20H22FN3O3.CH4O3S/c1-22-8-13-5-4-12(22)9-23(13)18-7-17-14(6-16(18)21)19(25)15(20(26)27)10-24(17)11-2-3-11;1-5(2,3)4/h6-7,10-13H,2-5,8-9H2,1H3,(H,26,27);1H3,(H,2,3,4). The Bertz CT molecular complexity index is 1230. The molecule has 0 amide bonds. The zero-order valence-electron chi connectivity index (χ0n) is 17.9. The van der Waals surface area contributed by atoms with E-state index in [1.807, 2.05) is 4.57 Å². The molecule has 4 aliphatic rings. The molecule has 1 saturated carbocycles. The fourth-order valence-electron chi connectivity index (χ4n) is 4.72. The van der Waals surface area contributed by atoms with Gasteiger partial charge in [0.05, 0.1) is 17.5 Å². The summed E-state index contributed by atoms with van der Waals surface area (Å²) >= 11 is 0. The molecule has 3 aliphatic heterocycles. The van der Waals surface area contributed by atoms with Crippen LogP contribution in [0.25, 0.3) is 10.9 Å². The van der Waals surface area contributed by atoms with Gasteiger partial charge in [-0.3, -0.25) is 14.2 Å². The van der Waals surface area contributed by atoms with E-state index in [1.165, 1.54) is 12.3 Å². The molecule has 0 radical (unpaired) electrons. The number of carboxylic acid groups (broad SMARTS) is 1. The van der Waals surface area contributed by atoms with Crippen LogP contribution in [-0.2, 0) is 10.1 Å². The number of piperazine rings is 1. The van der Waals surface area contributed by atoms with Crippen LogP contribution in [-0.4, -0.2) is 72.0 Å². The largest absolute Gasteiger partial charge is 0.477 e. The number of hydrogen-bond acceptors (Lipinski definition) is 6. The summed E-state index contributed by atoms with van der Waals surface area (Å²) in [7, 11) is -1.55. The van der Waals surface area contributed by atoms with Gasteiger partial charge in [-0.05, 0) is 44.9 Å². The Morgan fingerprint density at radius 3 is 2.19 bits per heavy atom. The van der Waals surface area contributed by atoms with Crippen molar-refractivity contribution in [1.29, 1.82) is 0 Å². The van der Waals surface area contributed by atoms with Crippen LogP contribution >= 0.6 is 0 Å². The van der Waals surface area contributed by atoms with Crippen LogP contribution in [0.1, 0.15) is 42.1 Å². The maximum absolute atomic E-state index is 15.0. The minimum atomic E-state index is -3.67. The molecule has 4 fully saturated rings. The number of carboxylic acids is 1. The third kappa shape index (κ3) is 4.50. The molecule has 1 aromatic heterocycles. The molecule has 2 atom stereocenters. The number of nitrogens with zero attached hydrogens (tertiary/aromatic N) is 3. The maximum atomic E-state index is 15.0. The number of aromatic carboxylic acids is 1. The third-order valence-electron chi connectivity index (χ3n) is 6.38. The van der Waals surface area contributed by atoms with Crippen molar-refractivity contribution in [3.63, 3.8) is 0 Å². The van der Waals surface area contributed by atoms with E-state index in [0.717, 1.165) is 38.8 Å². The monoisotopic (exact) mass is 467 g/mol. The van der Waals surface area contributed by atoms with E-state index in [9.17, 15) is 23.1 Å². The lowest BCUT2D eigenvalue weighted by atomic mass is 9.90. The number of rotatable bonds is 3. The van der Waals surface area contributed by atoms with Crippen molar-refractivity contribution in [3.8, 4) is 0 Å². The number of fused-ring (bicyclic) bond motifs is 4. The first kappa shape index (κ1) is 22.7. The van der Waals surface area contributed by atoms with Crippen molar-refractivity contribution in [2.75, 3.05) is 31.3 Å². The summed E-state index contributed by atoms with van der Waals surface area (Å²) in [6.07, 6.45) is 6.21. The zero-order valence-corrected chi connectivity index (χ0v) is 18.7. The lowest BCUT2D eigenvalue weighted by Crippen LogP contribution is -2.61. The second-order valence-corrected chi connectivity index (χ2v) is 10.3. The first-order valence-electron chi connectivity index (χ1n) is 10.4. The van der Waals surface area contributed by atoms with Crippen molar-refractivity contribution in [2.24, 2.45) is 0 Å². The predicted octanol–water partition coefficient (Wildman–Crippen LogP) is 1.96. The maximum Gasteiger partial charge on any atom is 0.341 e. The van der Waals surface area contributed by atoms with Crippen LogP contribution in [0.3, 0.4) is 0 Å². The van der Waals surface area contributed by atoms with Gasteiger partial charge in [0, 0.05) is 42.8 Å². The number of piperidine rings is 2. The highest BCUT2D eigenvalue weighted by molar-refractivity contribution is 7.85. The molecule has 2 aromatic rings. The quantitative estimate of drug-likeness (QED) is 0.658. The second-order valence-electron chi connectivity index (χ2n) is 8.85. The molecule has 6 rings (SSSR count). The molecule has 9 nitrogen and oxygen atoms in total. The Balaban J connectivity index is 0.000000444. The molecule has 2 N–H and O–H groups in total. The van der Waals surface area contributed by atoms with E-state index in [1.54, 1.807) is 6.07 Å². The summed E-state index contributed by atoms with van der Waals surface area (Å²) in [6, 6.07) is 3.88. The summed E-state index contributed by atoms with van der Waals surface area (Å²) in [5.41, 5.74) is 0.265. The van der Waals surface area contributed by atoms with Crippen LogP contribution in [0.5, 0.6) is 0 Å². The van der Waals surface area contributed by atoms with Crippen molar-refractivity contribution in [1.82, 2.24) is 9.47 Å². The Morgan fingerprint density at radius 1 is 1.09 bits per heavy atom. The first-order chi connectivity index (χ1) is 14.9. The Kier molecular flexibility index (Phi) is 5.76. The molecule has 1 aliphatic carbocycles. The normalized spacial score (nSPS) is 23.2. The van der Waals surface area contributed by atoms with E-state index in [2.05, 4.69) is 16.8 Å². The van der Waals surface area contributed by atoms with Gasteiger partial charge in [0.15, 0.2) is 0 Å². The summed E-state index contributed by atoms with van der Waals surface area (Å²) in [5.74, 6) is -1.71. The number of pyridine rings is 1. The van der Waals surface area contributed by atoms with Crippen LogP contribution in [0.2, 0.25) is 0 Å². The molecule has 2 bridgehead atoms. The van der Waals surface area contributed by atoms with Gasteiger partial charge in [-0.25, -0.2) is 9.18 Å². The Morgan fingerprint density at radius 2 is 1.69 bits per heavy atom. The van der Waals surface area contributed by atoms with Crippen LogP contribution in [0, 0.1) is 5.82 Å². The Hall–Kier alpha value is -2.50. The van der Waals surface area contributed by atoms with E-state index < -0.39 is 27.3 Å². The van der Waals surface area contributed by atoms with Gasteiger partial charge >= 0.3 is 5.97 Å². The van der Waals surface area contributed by atoms with Crippen molar-refractivity contribution in [2.45, 2.75) is 43.8 Å². The average Bonchev–Trinajstić information content (AvgIpc) is 3.52. The molecule has 2 unspecified atom stereocenters. The van der Waals surface area contributed by atoms with E-state index in [4.69, 9.17) is 4.55 Å². The molecule has 11 heteroatoms. The van der Waals surface area contributed by atoms with E-state index >= 15 is 4.39 Å². The first-order valence-corrected chi connectivity index (χ1v) is 12.3. The minimum Gasteiger partial charge on any atom is -0.477 e. The average molecular weight is 468 g/mol. The lowest BCUT2D eigenvalue weighted by Gasteiger charge is -2.51. The minimum absolute atomic E-state index is 0.155. The van der Waals surface area contributed by atoms with E-state index in [-0.39, 0.29) is 23.0 Å². The highest BCUT2D eigenvalue weighted by Gasteiger charge is 2.38. The molecule has 32 heavy (non-hydrogen) atoms. The van der Waals surface area contributed by atoms with Gasteiger partial charge in [-0.2, -0.15) is 8.42 Å². The number of likely N-dealkylation sites (N-methyl/N-ethyl adjacent to an activating group) is 1. The molecule has 1 aromatic carbocycles. The van der Waals surface area contributed by atoms with Crippen LogP contribution in [0.15, 0.2) is 23.1 Å². The lowest BCUT2D eigenvalue weighted by molar-refractivity contribution is 0.0694. The summed E-state index contributed by atoms with van der Waals surface area (Å²) in [6.45, 7) is 1.69. The predicted molar refractivity (Wildman–Crippen MR) is 118 cm³/mol. The Labute approximate surface area is 184 Å². The molecule has 174 valence electrons. The highest BCUT2D eigenvalue weighted by Crippen LogP contribution is 2.39. The number of hydrogen-bond donors (Lipinski definition) is 2. The third-order valence-corrected chi connectivity index (χ3v) is 6.38. The van der Waals surface area contributed by atoms with Gasteiger partial charge in [0.1, 0.15) is 11.4 Å². The van der Waals surface area contributed by atoms with Gasteiger partial charge in [0.25, 0.3) is 10.1 Å². The molecule has 3 saturated heterocycles. The van der Waals surface area contributed by atoms with Crippen molar-refractivity contribution in [3.05, 3.63) is 39.9 Å². The molecule has 4 heterocycles. The topological polar surface area (TPSA) is 120 Å². The van der Waals surface area contributed by atoms with Crippen molar-refractivity contribution >= 4 is 32.7 Å². The number of benzene rings is 1. The smallest absolute Gasteiger partial charge is 0.341 e. The fourth-order valence-corrected chi connectivity index (χ4v) is 4.72. The van der Waals surface area contributed by atoms with Crippen LogP contribution in [0.4, 0.5) is 10.1 Å². The zero-order chi connectivity index (χ0) is 23.4. The molecular weight excluding hydrogens is 441 g/mol. The van der Waals surface area contributed by atoms with Crippen molar-refractivity contribution < 1.29 is 27.3 Å². The van der Waals surface area contributed by atoms with E-state index in [0.29, 0.717) is 23.5 Å². The number of halogens is 1. The summed E-state index contributed by atoms with van der Waals surface area (Å²) < 4.78 is 42.8. The number of aromatic nitrogens is 1. The highest BCUT2D eigenvalue weighted by atomic mass is 32.2. The van der Waals surface area contributed by atoms with Gasteiger partial charge < -0.3 is 14.6 Å². The number of anilines is 1. The van der Waals surface area contributed by atoms with Gasteiger partial charge in [-0.1, -0.05) is 0 Å². The number of carbonyl (C=O) groups is 1. The SMILES string of the molecule is CN1CC2CCC1CN2c1cc2c(cc1F)c(=O)c(C(=O)O)cn2C1CC1.CS(=O)(=O)O. The van der Waals surface area contributed by atoms with Gasteiger partial charge in [-0.15, -0.1) is 0 Å². The fraction of sp³-hybridized carbons (Fsp3) is 0.524. The molecule has 0 spiro atoms. The summed E-state index contributed by atoms with van der Waals surface area (Å²) in [5, 5.41) is 9.51. The van der Waals surface area contributed by atoms with Gasteiger partial charge in [0.2, 0.25) is 5.43 Å².